The Morgan fingerprint density at radius 1 is 1.55 bits per heavy atom. The van der Waals surface area contributed by atoms with Gasteiger partial charge in [-0.2, -0.15) is 0 Å². The van der Waals surface area contributed by atoms with E-state index in [0.717, 1.165) is 6.42 Å². The molecule has 11 heavy (non-hydrogen) atoms. The molecule has 0 heterocycles. The molecule has 4 nitrogen and oxygen atoms in total. The fourth-order valence-corrected chi connectivity index (χ4v) is 0.863. The molecule has 0 aromatic heterocycles. The molecule has 0 aromatic carbocycles. The van der Waals surface area contributed by atoms with Gasteiger partial charge in [0, 0.05) is 13.3 Å². The highest BCUT2D eigenvalue weighted by Gasteiger charge is 2.32. The van der Waals surface area contributed by atoms with Crippen LogP contribution in [0.15, 0.2) is 0 Å². The maximum atomic E-state index is 11.2. The Hall–Kier alpha value is -0.160. The van der Waals surface area contributed by atoms with Gasteiger partial charge in [0.1, 0.15) is 0 Å². The fraction of sp³-hybridized carbons (Fsp3) is 1.00. The molecule has 0 fully saturated rings. The summed E-state index contributed by atoms with van der Waals surface area (Å²) < 4.78 is 0. The highest BCUT2D eigenvalue weighted by Crippen LogP contribution is 2.06. The van der Waals surface area contributed by atoms with Gasteiger partial charge in [0.25, 0.3) is 0 Å². The normalized spacial score (nSPS) is 19.9. The summed E-state index contributed by atoms with van der Waals surface area (Å²) in [5.41, 5.74) is -0.477. The Labute approximate surface area is 68.3 Å². The summed E-state index contributed by atoms with van der Waals surface area (Å²) in [6, 6.07) is 0. The molecule has 1 N–H and O–H groups in total. The van der Waals surface area contributed by atoms with Crippen LogP contribution in [0.25, 0.3) is 0 Å². The molecule has 2 unspecified atom stereocenters. The molecule has 0 amide bonds. The number of quaternary nitrogens is 1. The van der Waals surface area contributed by atoms with Crippen molar-refractivity contribution in [1.29, 1.82) is 0 Å². The number of hydrogen-bond acceptors (Lipinski definition) is 3. The van der Waals surface area contributed by atoms with Crippen LogP contribution in [0, 0.1) is 5.21 Å². The molecule has 0 saturated heterocycles. The van der Waals surface area contributed by atoms with Gasteiger partial charge in [-0.25, -0.2) is 10.1 Å². The topological polar surface area (TPSA) is 40.0 Å². The SMILES string of the molecule is CCC(C)(N(C)C)[NH+]([O-])OC. The molecule has 0 aliphatic carbocycles. The Bertz CT molecular complexity index is 119. The molecule has 0 aliphatic rings. The van der Waals surface area contributed by atoms with Crippen LogP contribution in [0.1, 0.15) is 20.3 Å². The van der Waals surface area contributed by atoms with Gasteiger partial charge >= 0.3 is 0 Å². The standard InChI is InChI=1S/C7H18N2O2/c1-6-7(2,8(3)4)9(10)11-5/h9H,6H2,1-5H3. The zero-order valence-electron chi connectivity index (χ0n) is 7.97. The molecule has 0 saturated carbocycles. The second-order valence-corrected chi connectivity index (χ2v) is 3.01. The predicted octanol–water partition coefficient (Wildman–Crippen LogP) is -0.382. The zero-order chi connectivity index (χ0) is 9.07. The number of hydroxylamine groups is 2. The minimum absolute atomic E-state index is 0.176. The molecule has 4 heteroatoms. The summed E-state index contributed by atoms with van der Waals surface area (Å²) in [7, 11) is 5.17. The number of nitrogens with one attached hydrogen (secondary N) is 1. The third-order valence-electron chi connectivity index (χ3n) is 2.30. The Kier molecular flexibility index (Phi) is 3.96. The number of hydrogen-bond donors (Lipinski definition) is 1. The van der Waals surface area contributed by atoms with Gasteiger partial charge in [0.05, 0.1) is 7.11 Å². The van der Waals surface area contributed by atoms with Crippen molar-refractivity contribution in [2.45, 2.75) is 25.9 Å². The quantitative estimate of drug-likeness (QED) is 0.452. The van der Waals surface area contributed by atoms with Crippen LogP contribution in [0.2, 0.25) is 0 Å². The van der Waals surface area contributed by atoms with Gasteiger partial charge in [-0.05, 0) is 14.1 Å². The first-order valence-corrected chi connectivity index (χ1v) is 3.75. The van der Waals surface area contributed by atoms with Crippen molar-refractivity contribution in [3.05, 3.63) is 5.21 Å². The maximum absolute atomic E-state index is 11.2. The average Bonchev–Trinajstić information content (AvgIpc) is 2.01. The van der Waals surface area contributed by atoms with E-state index < -0.39 is 5.66 Å². The van der Waals surface area contributed by atoms with E-state index in [-0.39, 0.29) is 5.23 Å². The summed E-state index contributed by atoms with van der Waals surface area (Å²) in [6.07, 6.45) is 0.757. The van der Waals surface area contributed by atoms with E-state index in [1.54, 1.807) is 0 Å². The lowest BCUT2D eigenvalue weighted by Crippen LogP contribution is -3.16. The van der Waals surface area contributed by atoms with Crippen molar-refractivity contribution in [3.63, 3.8) is 0 Å². The lowest BCUT2D eigenvalue weighted by atomic mass is 10.1. The highest BCUT2D eigenvalue weighted by atomic mass is 16.9. The van der Waals surface area contributed by atoms with E-state index in [9.17, 15) is 5.21 Å². The van der Waals surface area contributed by atoms with Crippen molar-refractivity contribution in [3.8, 4) is 0 Å². The third kappa shape index (κ3) is 2.13. The van der Waals surface area contributed by atoms with Crippen LogP contribution < -0.4 is 5.23 Å². The van der Waals surface area contributed by atoms with Crippen molar-refractivity contribution >= 4 is 0 Å². The van der Waals surface area contributed by atoms with Gasteiger partial charge in [0.15, 0.2) is 5.66 Å². The molecule has 0 radical (unpaired) electrons. The van der Waals surface area contributed by atoms with Crippen LogP contribution >= 0.6 is 0 Å². The van der Waals surface area contributed by atoms with Gasteiger partial charge < -0.3 is 5.21 Å². The predicted molar refractivity (Wildman–Crippen MR) is 43.7 cm³/mol. The first-order valence-electron chi connectivity index (χ1n) is 3.75. The van der Waals surface area contributed by atoms with Crippen molar-refractivity contribution < 1.29 is 10.1 Å². The van der Waals surface area contributed by atoms with Crippen molar-refractivity contribution in [2.75, 3.05) is 21.2 Å². The Morgan fingerprint density at radius 2 is 2.00 bits per heavy atom. The maximum Gasteiger partial charge on any atom is 0.179 e. The third-order valence-corrected chi connectivity index (χ3v) is 2.30. The highest BCUT2D eigenvalue weighted by molar-refractivity contribution is 4.65. The van der Waals surface area contributed by atoms with Gasteiger partial charge in [0.2, 0.25) is 0 Å². The molecule has 2 atom stereocenters. The second kappa shape index (κ2) is 4.01. The zero-order valence-corrected chi connectivity index (χ0v) is 7.97. The summed E-state index contributed by atoms with van der Waals surface area (Å²) in [5, 5.41) is 11.1. The second-order valence-electron chi connectivity index (χ2n) is 3.01. The van der Waals surface area contributed by atoms with Gasteiger partial charge in [-0.15, -0.1) is 0 Å². The van der Waals surface area contributed by atoms with Crippen LogP contribution in [-0.2, 0) is 4.84 Å². The largest absolute Gasteiger partial charge is 0.598 e. The monoisotopic (exact) mass is 162 g/mol. The average molecular weight is 162 g/mol. The van der Waals surface area contributed by atoms with Crippen molar-refractivity contribution in [2.24, 2.45) is 0 Å². The summed E-state index contributed by atoms with van der Waals surface area (Å²) in [6.45, 7) is 3.84. The van der Waals surface area contributed by atoms with E-state index >= 15 is 0 Å². The molecular weight excluding hydrogens is 144 g/mol. The number of nitrogens with zero attached hydrogens (tertiary/aromatic N) is 1. The Morgan fingerprint density at radius 3 is 2.09 bits per heavy atom. The van der Waals surface area contributed by atoms with E-state index in [1.165, 1.54) is 7.11 Å². The van der Waals surface area contributed by atoms with E-state index in [1.807, 2.05) is 32.8 Å². The smallest absolute Gasteiger partial charge is 0.179 e. The van der Waals surface area contributed by atoms with Gasteiger partial charge in [-0.3, -0.25) is 4.90 Å². The van der Waals surface area contributed by atoms with Crippen LogP contribution in [0.4, 0.5) is 0 Å². The lowest BCUT2D eigenvalue weighted by molar-refractivity contribution is -1.10. The summed E-state index contributed by atoms with van der Waals surface area (Å²) in [4.78, 5) is 6.56. The first-order chi connectivity index (χ1) is 4.99. The van der Waals surface area contributed by atoms with E-state index in [0.29, 0.717) is 0 Å². The minimum atomic E-state index is -0.477. The molecule has 0 aliphatic heterocycles. The molecule has 0 rings (SSSR count). The summed E-state index contributed by atoms with van der Waals surface area (Å²) in [5.74, 6) is 0. The van der Waals surface area contributed by atoms with Crippen LogP contribution in [0.5, 0.6) is 0 Å². The van der Waals surface area contributed by atoms with E-state index in [2.05, 4.69) is 4.84 Å². The first kappa shape index (κ1) is 10.8. The lowest BCUT2D eigenvalue weighted by Gasteiger charge is -2.41. The fourth-order valence-electron chi connectivity index (χ4n) is 0.863. The number of rotatable bonds is 4. The Balaban J connectivity index is 4.32. The molecule has 68 valence electrons. The molecule has 0 aromatic rings. The molecule has 0 bridgehead atoms. The summed E-state index contributed by atoms with van der Waals surface area (Å²) >= 11 is 0. The van der Waals surface area contributed by atoms with Crippen molar-refractivity contribution in [1.82, 2.24) is 4.90 Å². The van der Waals surface area contributed by atoms with Gasteiger partial charge in [-0.1, -0.05) is 6.92 Å². The van der Waals surface area contributed by atoms with E-state index in [4.69, 9.17) is 0 Å². The minimum Gasteiger partial charge on any atom is -0.598 e. The molecular formula is C7H18N2O2. The molecule has 0 spiro atoms. The van der Waals surface area contributed by atoms with Crippen LogP contribution in [0.3, 0.4) is 0 Å². The van der Waals surface area contributed by atoms with Crippen LogP contribution in [-0.4, -0.2) is 31.8 Å².